The first kappa shape index (κ1) is 20.0. The summed E-state index contributed by atoms with van der Waals surface area (Å²) in [6, 6.07) is 8.13. The Morgan fingerprint density at radius 2 is 2.16 bits per heavy atom. The van der Waals surface area contributed by atoms with Crippen LogP contribution in [-0.2, 0) is 16.0 Å². The summed E-state index contributed by atoms with van der Waals surface area (Å²) in [6.45, 7) is 0.509. The molecule has 2 fully saturated rings. The van der Waals surface area contributed by atoms with Crippen LogP contribution in [0.2, 0.25) is 5.02 Å². The van der Waals surface area contributed by atoms with Gasteiger partial charge in [0.05, 0.1) is 35.4 Å². The van der Waals surface area contributed by atoms with Gasteiger partial charge in [-0.2, -0.15) is 10.2 Å². The number of aromatic amines is 1. The molecule has 1 aromatic carbocycles. The molecule has 5 rings (SSSR count). The first-order chi connectivity index (χ1) is 15.0. The summed E-state index contributed by atoms with van der Waals surface area (Å²) in [7, 11) is 0. The monoisotopic (exact) mass is 445 g/mol. The SMILES string of the molecule is N#Cc1cccc(F)c1CNc1nc2nc(O[C@@H]3CO[C@H]4[C@@H]3OC[C@H]4O)[nH]c2cc1Cl. The fourth-order valence-corrected chi connectivity index (χ4v) is 4.00. The van der Waals surface area contributed by atoms with Crippen LogP contribution in [0.5, 0.6) is 6.01 Å². The number of aliphatic hydroxyl groups excluding tert-OH is 1. The molecule has 11 heteroatoms. The van der Waals surface area contributed by atoms with E-state index in [1.807, 2.05) is 6.07 Å². The number of nitriles is 1. The van der Waals surface area contributed by atoms with E-state index in [1.165, 1.54) is 12.1 Å². The van der Waals surface area contributed by atoms with Crippen LogP contribution in [0.15, 0.2) is 24.3 Å². The van der Waals surface area contributed by atoms with Crippen molar-refractivity contribution in [2.24, 2.45) is 0 Å². The van der Waals surface area contributed by atoms with Crippen LogP contribution in [0, 0.1) is 17.1 Å². The van der Waals surface area contributed by atoms with E-state index in [0.717, 1.165) is 0 Å². The van der Waals surface area contributed by atoms with Gasteiger partial charge in [-0.15, -0.1) is 0 Å². The predicted molar refractivity (Wildman–Crippen MR) is 107 cm³/mol. The number of benzene rings is 1. The minimum Gasteiger partial charge on any atom is -0.456 e. The van der Waals surface area contributed by atoms with E-state index in [2.05, 4.69) is 20.3 Å². The maximum absolute atomic E-state index is 14.1. The fourth-order valence-electron chi connectivity index (χ4n) is 3.78. The largest absolute Gasteiger partial charge is 0.456 e. The van der Waals surface area contributed by atoms with Gasteiger partial charge in [0.15, 0.2) is 11.8 Å². The number of halogens is 2. The highest BCUT2D eigenvalue weighted by Gasteiger charge is 2.48. The summed E-state index contributed by atoms with van der Waals surface area (Å²) in [4.78, 5) is 11.7. The molecule has 0 amide bonds. The van der Waals surface area contributed by atoms with Crippen molar-refractivity contribution in [3.05, 3.63) is 46.2 Å². The lowest BCUT2D eigenvalue weighted by molar-refractivity contribution is 0.00706. The Kier molecular flexibility index (Phi) is 5.11. The zero-order valence-corrected chi connectivity index (χ0v) is 16.8. The van der Waals surface area contributed by atoms with Gasteiger partial charge in [-0.05, 0) is 18.2 Å². The molecule has 4 heterocycles. The number of rotatable bonds is 5. The van der Waals surface area contributed by atoms with Crippen molar-refractivity contribution in [2.45, 2.75) is 31.0 Å². The third-order valence-corrected chi connectivity index (χ3v) is 5.61. The number of nitrogens with zero attached hydrogens (tertiary/aromatic N) is 3. The molecule has 31 heavy (non-hydrogen) atoms. The first-order valence-corrected chi connectivity index (χ1v) is 9.97. The van der Waals surface area contributed by atoms with Crippen molar-refractivity contribution in [3.63, 3.8) is 0 Å². The Balaban J connectivity index is 1.34. The van der Waals surface area contributed by atoms with E-state index in [0.29, 0.717) is 22.0 Å². The van der Waals surface area contributed by atoms with Gasteiger partial charge in [-0.3, -0.25) is 0 Å². The average Bonchev–Trinajstić information content (AvgIpc) is 3.44. The van der Waals surface area contributed by atoms with Crippen LogP contribution < -0.4 is 10.1 Å². The zero-order valence-electron chi connectivity index (χ0n) is 16.0. The number of ether oxygens (including phenoxy) is 3. The van der Waals surface area contributed by atoms with E-state index >= 15 is 0 Å². The second-order valence-electron chi connectivity index (χ2n) is 7.28. The molecule has 0 saturated carbocycles. The van der Waals surface area contributed by atoms with Gasteiger partial charge < -0.3 is 29.6 Å². The van der Waals surface area contributed by atoms with E-state index in [1.54, 1.807) is 12.1 Å². The normalized spacial score (nSPS) is 24.8. The molecule has 2 aromatic heterocycles. The number of pyridine rings is 1. The van der Waals surface area contributed by atoms with Crippen molar-refractivity contribution >= 4 is 28.6 Å². The summed E-state index contributed by atoms with van der Waals surface area (Å²) in [6.07, 6.45) is -1.86. The first-order valence-electron chi connectivity index (χ1n) is 9.59. The van der Waals surface area contributed by atoms with Crippen molar-refractivity contribution < 1.29 is 23.7 Å². The molecule has 2 aliphatic heterocycles. The Hall–Kier alpha value is -2.97. The Morgan fingerprint density at radius 3 is 3.00 bits per heavy atom. The third-order valence-electron chi connectivity index (χ3n) is 5.32. The number of fused-ring (bicyclic) bond motifs is 2. The lowest BCUT2D eigenvalue weighted by atomic mass is 10.1. The van der Waals surface area contributed by atoms with Crippen LogP contribution >= 0.6 is 11.6 Å². The maximum Gasteiger partial charge on any atom is 0.296 e. The molecule has 2 saturated heterocycles. The Morgan fingerprint density at radius 1 is 1.32 bits per heavy atom. The number of anilines is 1. The molecule has 3 N–H and O–H groups in total. The standard InChI is InChI=1S/C20H17ClFN5O4/c21-11-4-13-19(26-18(11)24-6-10-9(5-23)2-1-3-12(10)22)27-20(25-13)31-15-8-30-16-14(28)7-29-17(15)16/h1-4,14-17,28H,6-8H2,(H2,24,25,26,27)/t14-,15-,16-,17-/m1/s1. The summed E-state index contributed by atoms with van der Waals surface area (Å²) in [5, 5.41) is 22.3. The van der Waals surface area contributed by atoms with Crippen LogP contribution in [-0.4, -0.2) is 57.7 Å². The van der Waals surface area contributed by atoms with Crippen LogP contribution in [0.1, 0.15) is 11.1 Å². The Labute approximate surface area is 180 Å². The number of imidazole rings is 1. The summed E-state index contributed by atoms with van der Waals surface area (Å²) >= 11 is 6.31. The summed E-state index contributed by atoms with van der Waals surface area (Å²) in [5.41, 5.74) is 1.36. The van der Waals surface area contributed by atoms with Crippen LogP contribution in [0.3, 0.4) is 0 Å². The molecule has 0 bridgehead atoms. The molecule has 0 radical (unpaired) electrons. The summed E-state index contributed by atoms with van der Waals surface area (Å²) < 4.78 is 31.0. The second-order valence-corrected chi connectivity index (χ2v) is 7.69. The molecule has 0 unspecified atom stereocenters. The number of hydrogen-bond donors (Lipinski definition) is 3. The van der Waals surface area contributed by atoms with Crippen LogP contribution in [0.25, 0.3) is 11.2 Å². The topological polar surface area (TPSA) is 125 Å². The number of aromatic nitrogens is 3. The lowest BCUT2D eigenvalue weighted by Gasteiger charge is -2.15. The van der Waals surface area contributed by atoms with Gasteiger partial charge in [0.25, 0.3) is 6.01 Å². The summed E-state index contributed by atoms with van der Waals surface area (Å²) in [5.74, 6) is -0.193. The highest BCUT2D eigenvalue weighted by atomic mass is 35.5. The number of hydrogen-bond acceptors (Lipinski definition) is 8. The molecule has 2 aliphatic rings. The molecule has 0 spiro atoms. The molecule has 4 atom stereocenters. The minimum atomic E-state index is -0.667. The lowest BCUT2D eigenvalue weighted by Crippen LogP contribution is -2.34. The quantitative estimate of drug-likeness (QED) is 0.545. The van der Waals surface area contributed by atoms with Gasteiger partial charge in [0.1, 0.15) is 29.9 Å². The van der Waals surface area contributed by atoms with Gasteiger partial charge >= 0.3 is 0 Å². The second kappa shape index (κ2) is 7.94. The number of aliphatic hydroxyl groups is 1. The Bertz CT molecular complexity index is 1180. The number of H-pyrrole nitrogens is 1. The van der Waals surface area contributed by atoms with E-state index in [-0.39, 0.29) is 43.0 Å². The molecule has 160 valence electrons. The number of nitrogens with one attached hydrogen (secondary N) is 2. The van der Waals surface area contributed by atoms with Crippen molar-refractivity contribution in [1.29, 1.82) is 5.26 Å². The highest BCUT2D eigenvalue weighted by molar-refractivity contribution is 6.33. The van der Waals surface area contributed by atoms with Gasteiger partial charge in [-0.1, -0.05) is 17.7 Å². The van der Waals surface area contributed by atoms with Gasteiger partial charge in [-0.25, -0.2) is 9.37 Å². The van der Waals surface area contributed by atoms with Gasteiger partial charge in [0, 0.05) is 12.1 Å². The molecule has 9 nitrogen and oxygen atoms in total. The minimum absolute atomic E-state index is 0.0315. The zero-order chi connectivity index (χ0) is 21.5. The third kappa shape index (κ3) is 3.66. The molecular formula is C20H17ClFN5O4. The van der Waals surface area contributed by atoms with Gasteiger partial charge in [0.2, 0.25) is 0 Å². The predicted octanol–water partition coefficient (Wildman–Crippen LogP) is 2.14. The van der Waals surface area contributed by atoms with Crippen molar-refractivity contribution in [3.8, 4) is 12.1 Å². The van der Waals surface area contributed by atoms with Crippen molar-refractivity contribution in [1.82, 2.24) is 15.0 Å². The molecule has 0 aliphatic carbocycles. The van der Waals surface area contributed by atoms with Crippen molar-refractivity contribution in [2.75, 3.05) is 18.5 Å². The fraction of sp³-hybridized carbons (Fsp3) is 0.350. The van der Waals surface area contributed by atoms with E-state index in [4.69, 9.17) is 25.8 Å². The average molecular weight is 446 g/mol. The van der Waals surface area contributed by atoms with Crippen LogP contribution in [0.4, 0.5) is 10.2 Å². The van der Waals surface area contributed by atoms with E-state index in [9.17, 15) is 14.8 Å². The molecular weight excluding hydrogens is 429 g/mol. The maximum atomic E-state index is 14.1. The molecule has 3 aromatic rings. The smallest absolute Gasteiger partial charge is 0.296 e. The van der Waals surface area contributed by atoms with E-state index < -0.39 is 24.1 Å². The highest BCUT2D eigenvalue weighted by Crippen LogP contribution is 2.31.